The molecule has 4 heterocycles. The van der Waals surface area contributed by atoms with E-state index in [0.717, 1.165) is 40.8 Å². The molecule has 166 valence electrons. The Balaban J connectivity index is 1.35. The van der Waals surface area contributed by atoms with Crippen molar-refractivity contribution in [1.82, 2.24) is 19.7 Å². The topological polar surface area (TPSA) is 101 Å². The SMILES string of the molecule is Nc1ncc(-c2cnn(C3CCN(C(=O)O)CC3)c2)cc1N1CCc2c(F)cccc2C1. The molecule has 3 N–H and O–H groups in total. The third kappa shape index (κ3) is 3.74. The molecule has 0 unspecified atom stereocenters. The van der Waals surface area contributed by atoms with Crippen molar-refractivity contribution in [3.05, 3.63) is 59.8 Å². The fraction of sp³-hybridized carbons (Fsp3) is 0.348. The Hall–Kier alpha value is -3.62. The molecule has 1 aromatic carbocycles. The van der Waals surface area contributed by atoms with E-state index in [1.165, 1.54) is 11.0 Å². The van der Waals surface area contributed by atoms with Crippen molar-refractivity contribution in [2.45, 2.75) is 31.8 Å². The molecule has 32 heavy (non-hydrogen) atoms. The van der Waals surface area contributed by atoms with E-state index in [-0.39, 0.29) is 11.9 Å². The lowest BCUT2D eigenvalue weighted by Crippen LogP contribution is -2.38. The molecule has 0 bridgehead atoms. The minimum absolute atomic E-state index is 0.149. The van der Waals surface area contributed by atoms with Crippen LogP contribution in [0, 0.1) is 5.82 Å². The van der Waals surface area contributed by atoms with Crippen molar-refractivity contribution < 1.29 is 14.3 Å². The second-order valence-electron chi connectivity index (χ2n) is 8.39. The van der Waals surface area contributed by atoms with E-state index in [4.69, 9.17) is 10.8 Å². The quantitative estimate of drug-likeness (QED) is 0.651. The van der Waals surface area contributed by atoms with E-state index in [0.29, 0.717) is 38.4 Å². The summed E-state index contributed by atoms with van der Waals surface area (Å²) in [4.78, 5) is 19.1. The monoisotopic (exact) mass is 436 g/mol. The fourth-order valence-corrected chi connectivity index (χ4v) is 4.65. The predicted octanol–water partition coefficient (Wildman–Crippen LogP) is 3.54. The summed E-state index contributed by atoms with van der Waals surface area (Å²) in [6, 6.07) is 7.40. The number of amides is 1. The highest BCUT2D eigenvalue weighted by Crippen LogP contribution is 2.33. The third-order valence-corrected chi connectivity index (χ3v) is 6.49. The van der Waals surface area contributed by atoms with Crippen LogP contribution in [0.3, 0.4) is 0 Å². The average Bonchev–Trinajstić information content (AvgIpc) is 3.30. The molecule has 3 aromatic rings. The molecule has 0 aliphatic carbocycles. The number of fused-ring (bicyclic) bond motifs is 1. The number of nitrogen functional groups attached to an aromatic ring is 1. The first-order valence-electron chi connectivity index (χ1n) is 10.8. The van der Waals surface area contributed by atoms with Gasteiger partial charge in [-0.15, -0.1) is 0 Å². The number of anilines is 2. The third-order valence-electron chi connectivity index (χ3n) is 6.49. The van der Waals surface area contributed by atoms with Crippen LogP contribution in [0.4, 0.5) is 20.7 Å². The van der Waals surface area contributed by atoms with Crippen LogP contribution < -0.4 is 10.6 Å². The van der Waals surface area contributed by atoms with Crippen molar-refractivity contribution in [2.24, 2.45) is 0 Å². The number of rotatable bonds is 3. The summed E-state index contributed by atoms with van der Waals surface area (Å²) in [6.45, 7) is 2.29. The lowest BCUT2D eigenvalue weighted by molar-refractivity contribution is 0.124. The van der Waals surface area contributed by atoms with E-state index < -0.39 is 6.09 Å². The Kier molecular flexibility index (Phi) is 5.16. The molecule has 1 saturated heterocycles. The van der Waals surface area contributed by atoms with Crippen molar-refractivity contribution in [3.8, 4) is 11.1 Å². The van der Waals surface area contributed by atoms with Crippen LogP contribution in [0.2, 0.25) is 0 Å². The number of hydrogen-bond acceptors (Lipinski definition) is 5. The second kappa shape index (κ2) is 8.14. The Labute approximate surface area is 185 Å². The van der Waals surface area contributed by atoms with Gasteiger partial charge in [-0.2, -0.15) is 5.10 Å². The molecule has 5 rings (SSSR count). The standard InChI is InChI=1S/C23H25FN6O2/c24-20-3-1-2-15-13-29(9-6-19(15)20)21-10-16(11-26-22(21)25)17-12-27-30(14-17)18-4-7-28(8-5-18)23(31)32/h1-3,10-12,14,18H,4-9,13H2,(H2,25,26)(H,31,32). The Morgan fingerprint density at radius 2 is 1.97 bits per heavy atom. The van der Waals surface area contributed by atoms with Gasteiger partial charge in [0, 0.05) is 49.7 Å². The van der Waals surface area contributed by atoms with Crippen molar-refractivity contribution in [3.63, 3.8) is 0 Å². The highest BCUT2D eigenvalue weighted by atomic mass is 19.1. The van der Waals surface area contributed by atoms with Gasteiger partial charge >= 0.3 is 6.09 Å². The smallest absolute Gasteiger partial charge is 0.407 e. The van der Waals surface area contributed by atoms with Gasteiger partial charge in [-0.05, 0) is 42.5 Å². The summed E-state index contributed by atoms with van der Waals surface area (Å²) in [5.41, 5.74) is 10.6. The van der Waals surface area contributed by atoms with Gasteiger partial charge in [0.15, 0.2) is 0 Å². The Morgan fingerprint density at radius 3 is 2.75 bits per heavy atom. The van der Waals surface area contributed by atoms with Crippen LogP contribution in [0.5, 0.6) is 0 Å². The highest BCUT2D eigenvalue weighted by Gasteiger charge is 2.25. The summed E-state index contributed by atoms with van der Waals surface area (Å²) < 4.78 is 16.0. The number of carboxylic acid groups (broad SMARTS) is 1. The molecular formula is C23H25FN6O2. The summed E-state index contributed by atoms with van der Waals surface area (Å²) in [7, 11) is 0. The molecule has 2 aromatic heterocycles. The molecule has 8 nitrogen and oxygen atoms in total. The van der Waals surface area contributed by atoms with Crippen molar-refractivity contribution in [2.75, 3.05) is 30.3 Å². The van der Waals surface area contributed by atoms with Crippen molar-refractivity contribution >= 4 is 17.6 Å². The number of aromatic nitrogens is 3. The summed E-state index contributed by atoms with van der Waals surface area (Å²) in [5, 5.41) is 13.7. The zero-order chi connectivity index (χ0) is 22.2. The maximum absolute atomic E-state index is 14.1. The molecule has 0 radical (unpaired) electrons. The molecule has 1 fully saturated rings. The van der Waals surface area contributed by atoms with Gasteiger partial charge in [0.25, 0.3) is 0 Å². The highest BCUT2D eigenvalue weighted by molar-refractivity contribution is 5.73. The number of benzene rings is 1. The van der Waals surface area contributed by atoms with E-state index >= 15 is 0 Å². The normalized spacial score (nSPS) is 16.8. The number of pyridine rings is 1. The van der Waals surface area contributed by atoms with E-state index in [1.54, 1.807) is 18.5 Å². The largest absolute Gasteiger partial charge is 0.465 e. The molecule has 9 heteroatoms. The first kappa shape index (κ1) is 20.3. The van der Waals surface area contributed by atoms with Crippen LogP contribution in [-0.2, 0) is 13.0 Å². The van der Waals surface area contributed by atoms with Gasteiger partial charge in [0.05, 0.1) is 17.9 Å². The number of hydrogen-bond donors (Lipinski definition) is 2. The number of nitrogens with two attached hydrogens (primary N) is 1. The van der Waals surface area contributed by atoms with E-state index in [9.17, 15) is 9.18 Å². The molecule has 0 atom stereocenters. The fourth-order valence-electron chi connectivity index (χ4n) is 4.65. The van der Waals surface area contributed by atoms with Gasteiger partial charge in [0.2, 0.25) is 0 Å². The maximum atomic E-state index is 14.1. The van der Waals surface area contributed by atoms with E-state index in [1.807, 2.05) is 23.0 Å². The lowest BCUT2D eigenvalue weighted by atomic mass is 9.98. The molecule has 2 aliphatic heterocycles. The van der Waals surface area contributed by atoms with Gasteiger partial charge in [-0.3, -0.25) is 4.68 Å². The van der Waals surface area contributed by atoms with Crippen LogP contribution in [-0.4, -0.2) is 50.5 Å². The first-order valence-corrected chi connectivity index (χ1v) is 10.8. The summed E-state index contributed by atoms with van der Waals surface area (Å²) in [5.74, 6) is 0.297. The number of carbonyl (C=O) groups is 1. The molecule has 0 saturated carbocycles. The number of piperidine rings is 1. The number of halogens is 1. The second-order valence-corrected chi connectivity index (χ2v) is 8.39. The van der Waals surface area contributed by atoms with Gasteiger partial charge < -0.3 is 20.6 Å². The van der Waals surface area contributed by atoms with E-state index in [2.05, 4.69) is 15.0 Å². The van der Waals surface area contributed by atoms with Gasteiger partial charge in [0.1, 0.15) is 11.6 Å². The Morgan fingerprint density at radius 1 is 1.16 bits per heavy atom. The Bertz CT molecular complexity index is 1160. The lowest BCUT2D eigenvalue weighted by Gasteiger charge is -2.31. The van der Waals surface area contributed by atoms with Crippen molar-refractivity contribution in [1.29, 1.82) is 0 Å². The maximum Gasteiger partial charge on any atom is 0.407 e. The average molecular weight is 436 g/mol. The van der Waals surface area contributed by atoms with Crippen LogP contribution in [0.1, 0.15) is 30.0 Å². The van der Waals surface area contributed by atoms with Crippen LogP contribution in [0.15, 0.2) is 42.9 Å². The van der Waals surface area contributed by atoms with Crippen LogP contribution in [0.25, 0.3) is 11.1 Å². The summed E-state index contributed by atoms with van der Waals surface area (Å²) in [6.07, 6.45) is 6.77. The zero-order valence-electron chi connectivity index (χ0n) is 17.6. The first-order chi connectivity index (χ1) is 15.5. The van der Waals surface area contributed by atoms with Gasteiger partial charge in [-0.25, -0.2) is 14.2 Å². The van der Waals surface area contributed by atoms with Gasteiger partial charge in [-0.1, -0.05) is 12.1 Å². The molecule has 2 aliphatic rings. The molecule has 1 amide bonds. The molecular weight excluding hydrogens is 411 g/mol. The van der Waals surface area contributed by atoms with Crippen LogP contribution >= 0.6 is 0 Å². The minimum Gasteiger partial charge on any atom is -0.465 e. The zero-order valence-corrected chi connectivity index (χ0v) is 17.6. The molecule has 0 spiro atoms. The minimum atomic E-state index is -0.867. The number of likely N-dealkylation sites (tertiary alicyclic amines) is 1. The number of nitrogens with zero attached hydrogens (tertiary/aromatic N) is 5. The predicted molar refractivity (Wildman–Crippen MR) is 119 cm³/mol. The summed E-state index contributed by atoms with van der Waals surface area (Å²) >= 11 is 0.